The van der Waals surface area contributed by atoms with E-state index in [2.05, 4.69) is 0 Å². The number of nitrogens with two attached hydrogens (primary N) is 1. The number of carboxylic acids is 1. The van der Waals surface area contributed by atoms with Crippen LogP contribution in [0.3, 0.4) is 0 Å². The highest BCUT2D eigenvalue weighted by molar-refractivity contribution is 5.78. The minimum Gasteiger partial charge on any atom is -0.480 e. The van der Waals surface area contributed by atoms with Crippen molar-refractivity contribution in [3.05, 3.63) is 30.3 Å². The predicted octanol–water partition coefficient (Wildman–Crippen LogP) is 0.699. The molecule has 1 amide bonds. The second kappa shape index (κ2) is 5.89. The molecule has 1 unspecified atom stereocenters. The molecule has 0 heterocycles. The SMILES string of the molecule is CC(CN(CC(=O)O)c1ccccc1)C(N)=O. The molecule has 17 heavy (non-hydrogen) atoms. The third kappa shape index (κ3) is 4.14. The number of benzene rings is 1. The van der Waals surface area contributed by atoms with Crippen molar-refractivity contribution in [1.82, 2.24) is 0 Å². The van der Waals surface area contributed by atoms with Crippen molar-refractivity contribution in [2.75, 3.05) is 18.0 Å². The maximum Gasteiger partial charge on any atom is 0.323 e. The molecule has 0 aliphatic rings. The van der Waals surface area contributed by atoms with Crippen LogP contribution in [0.1, 0.15) is 6.92 Å². The number of anilines is 1. The molecule has 0 aromatic heterocycles. The van der Waals surface area contributed by atoms with Gasteiger partial charge in [-0.2, -0.15) is 0 Å². The van der Waals surface area contributed by atoms with Crippen molar-refractivity contribution >= 4 is 17.6 Å². The van der Waals surface area contributed by atoms with E-state index < -0.39 is 17.8 Å². The first-order chi connectivity index (χ1) is 8.00. The van der Waals surface area contributed by atoms with Gasteiger partial charge < -0.3 is 15.7 Å². The van der Waals surface area contributed by atoms with E-state index in [0.717, 1.165) is 5.69 Å². The van der Waals surface area contributed by atoms with Gasteiger partial charge in [-0.3, -0.25) is 9.59 Å². The lowest BCUT2D eigenvalue weighted by molar-refractivity contribution is -0.135. The van der Waals surface area contributed by atoms with Crippen LogP contribution in [0.2, 0.25) is 0 Å². The number of para-hydroxylation sites is 1. The van der Waals surface area contributed by atoms with Gasteiger partial charge >= 0.3 is 5.97 Å². The van der Waals surface area contributed by atoms with Crippen molar-refractivity contribution in [3.63, 3.8) is 0 Å². The van der Waals surface area contributed by atoms with E-state index in [4.69, 9.17) is 10.8 Å². The molecule has 1 aromatic rings. The van der Waals surface area contributed by atoms with Crippen LogP contribution in [0.5, 0.6) is 0 Å². The fraction of sp³-hybridized carbons (Fsp3) is 0.333. The minimum atomic E-state index is -0.939. The zero-order valence-corrected chi connectivity index (χ0v) is 9.67. The van der Waals surface area contributed by atoms with Gasteiger partial charge in [-0.25, -0.2) is 0 Å². The Balaban J connectivity index is 2.81. The number of primary amides is 1. The van der Waals surface area contributed by atoms with E-state index in [-0.39, 0.29) is 6.54 Å². The Labute approximate surface area is 99.8 Å². The molecule has 0 radical (unpaired) electrons. The molecule has 0 saturated carbocycles. The van der Waals surface area contributed by atoms with Gasteiger partial charge in [0.2, 0.25) is 5.91 Å². The summed E-state index contributed by atoms with van der Waals surface area (Å²) < 4.78 is 0. The van der Waals surface area contributed by atoms with E-state index in [1.807, 2.05) is 18.2 Å². The van der Waals surface area contributed by atoms with E-state index in [1.165, 1.54) is 0 Å². The summed E-state index contributed by atoms with van der Waals surface area (Å²) in [5.74, 6) is -1.77. The molecule has 0 bridgehead atoms. The van der Waals surface area contributed by atoms with Crippen molar-refractivity contribution < 1.29 is 14.7 Å². The number of nitrogens with zero attached hydrogens (tertiary/aromatic N) is 1. The molecule has 0 saturated heterocycles. The number of hydrogen-bond acceptors (Lipinski definition) is 3. The summed E-state index contributed by atoms with van der Waals surface area (Å²) in [4.78, 5) is 23.4. The van der Waals surface area contributed by atoms with Crippen LogP contribution in [0.4, 0.5) is 5.69 Å². The lowest BCUT2D eigenvalue weighted by Gasteiger charge is -2.25. The zero-order chi connectivity index (χ0) is 12.8. The first kappa shape index (κ1) is 13.0. The number of aliphatic carboxylic acids is 1. The maximum atomic E-state index is 11.0. The Hall–Kier alpha value is -2.04. The summed E-state index contributed by atoms with van der Waals surface area (Å²) >= 11 is 0. The van der Waals surface area contributed by atoms with Gasteiger partial charge in [-0.1, -0.05) is 25.1 Å². The van der Waals surface area contributed by atoms with Gasteiger partial charge in [0.15, 0.2) is 0 Å². The number of carboxylic acid groups (broad SMARTS) is 1. The van der Waals surface area contributed by atoms with Crippen molar-refractivity contribution in [1.29, 1.82) is 0 Å². The average Bonchev–Trinajstić information content (AvgIpc) is 2.28. The third-order valence-corrected chi connectivity index (χ3v) is 2.43. The fourth-order valence-corrected chi connectivity index (χ4v) is 1.48. The Kier molecular flexibility index (Phi) is 4.51. The number of hydrogen-bond donors (Lipinski definition) is 2. The zero-order valence-electron chi connectivity index (χ0n) is 9.67. The quantitative estimate of drug-likeness (QED) is 0.761. The second-order valence-electron chi connectivity index (χ2n) is 3.91. The summed E-state index contributed by atoms with van der Waals surface area (Å²) in [5, 5.41) is 8.84. The molecule has 3 N–H and O–H groups in total. The molecule has 0 fully saturated rings. The Morgan fingerprint density at radius 3 is 2.41 bits per heavy atom. The second-order valence-corrected chi connectivity index (χ2v) is 3.91. The largest absolute Gasteiger partial charge is 0.480 e. The van der Waals surface area contributed by atoms with Crippen LogP contribution in [0.25, 0.3) is 0 Å². The highest BCUT2D eigenvalue weighted by Crippen LogP contribution is 2.14. The molecule has 5 heteroatoms. The smallest absolute Gasteiger partial charge is 0.323 e. The normalized spacial score (nSPS) is 11.8. The number of rotatable bonds is 6. The van der Waals surface area contributed by atoms with Gasteiger partial charge in [0.1, 0.15) is 6.54 Å². The van der Waals surface area contributed by atoms with Gasteiger partial charge in [-0.05, 0) is 12.1 Å². The van der Waals surface area contributed by atoms with Crippen molar-refractivity contribution in [2.24, 2.45) is 11.7 Å². The molecule has 92 valence electrons. The first-order valence-electron chi connectivity index (χ1n) is 5.32. The number of carbonyl (C=O) groups is 2. The molecule has 1 atom stereocenters. The lowest BCUT2D eigenvalue weighted by atomic mass is 10.1. The highest BCUT2D eigenvalue weighted by Gasteiger charge is 2.17. The summed E-state index contributed by atoms with van der Waals surface area (Å²) in [6, 6.07) is 9.09. The van der Waals surface area contributed by atoms with Crippen LogP contribution in [0, 0.1) is 5.92 Å². The molecule has 0 aliphatic heterocycles. The van der Waals surface area contributed by atoms with Crippen molar-refractivity contribution in [2.45, 2.75) is 6.92 Å². The topological polar surface area (TPSA) is 83.6 Å². The van der Waals surface area contributed by atoms with E-state index >= 15 is 0 Å². The van der Waals surface area contributed by atoms with E-state index in [9.17, 15) is 9.59 Å². The van der Waals surface area contributed by atoms with Gasteiger partial charge in [0.05, 0.1) is 5.92 Å². The van der Waals surface area contributed by atoms with Crippen molar-refractivity contribution in [3.8, 4) is 0 Å². The Morgan fingerprint density at radius 2 is 1.94 bits per heavy atom. The van der Waals surface area contributed by atoms with E-state index in [0.29, 0.717) is 6.54 Å². The van der Waals surface area contributed by atoms with Gasteiger partial charge in [0.25, 0.3) is 0 Å². The molecule has 0 spiro atoms. The van der Waals surface area contributed by atoms with Crippen LogP contribution < -0.4 is 10.6 Å². The minimum absolute atomic E-state index is 0.151. The van der Waals surface area contributed by atoms with Gasteiger partial charge in [0, 0.05) is 12.2 Å². The summed E-state index contributed by atoms with van der Waals surface area (Å²) in [6.45, 7) is 1.83. The summed E-state index contributed by atoms with van der Waals surface area (Å²) in [6.07, 6.45) is 0. The van der Waals surface area contributed by atoms with Crippen LogP contribution in [0.15, 0.2) is 30.3 Å². The highest BCUT2D eigenvalue weighted by atomic mass is 16.4. The maximum absolute atomic E-state index is 11.0. The van der Waals surface area contributed by atoms with E-state index in [1.54, 1.807) is 24.0 Å². The number of amides is 1. The summed E-state index contributed by atoms with van der Waals surface area (Å²) in [5.41, 5.74) is 5.95. The third-order valence-electron chi connectivity index (χ3n) is 2.43. The number of carbonyl (C=O) groups excluding carboxylic acids is 1. The molecular formula is C12H16N2O3. The van der Waals surface area contributed by atoms with Gasteiger partial charge in [-0.15, -0.1) is 0 Å². The Morgan fingerprint density at radius 1 is 1.35 bits per heavy atom. The molecule has 1 rings (SSSR count). The molecule has 0 aliphatic carbocycles. The fourth-order valence-electron chi connectivity index (χ4n) is 1.48. The first-order valence-corrected chi connectivity index (χ1v) is 5.32. The van der Waals surface area contributed by atoms with Crippen LogP contribution >= 0.6 is 0 Å². The standard InChI is InChI=1S/C12H16N2O3/c1-9(12(13)17)7-14(8-11(15)16)10-5-3-2-4-6-10/h2-6,9H,7-8H2,1H3,(H2,13,17)(H,15,16). The summed E-state index contributed by atoms with van der Waals surface area (Å²) in [7, 11) is 0. The Bertz CT molecular complexity index is 392. The van der Waals surface area contributed by atoms with Crippen LogP contribution in [-0.2, 0) is 9.59 Å². The molecule has 1 aromatic carbocycles. The predicted molar refractivity (Wildman–Crippen MR) is 64.6 cm³/mol. The lowest BCUT2D eigenvalue weighted by Crippen LogP contribution is -2.37. The average molecular weight is 236 g/mol. The molecule has 5 nitrogen and oxygen atoms in total. The molecular weight excluding hydrogens is 220 g/mol. The van der Waals surface area contributed by atoms with Crippen LogP contribution in [-0.4, -0.2) is 30.1 Å². The monoisotopic (exact) mass is 236 g/mol.